The number of hydrogen-bond acceptors (Lipinski definition) is 11. The first-order valence-electron chi connectivity index (χ1n) is 17.3. The highest BCUT2D eigenvalue weighted by Crippen LogP contribution is 2.36. The normalized spacial score (nSPS) is 16.4. The second kappa shape index (κ2) is 21.1. The van der Waals surface area contributed by atoms with E-state index in [0.717, 1.165) is 4.90 Å². The Labute approximate surface area is 311 Å². The van der Waals surface area contributed by atoms with Crippen LogP contribution in [0, 0.1) is 0 Å². The third-order valence-electron chi connectivity index (χ3n) is 8.55. The topological polar surface area (TPSA) is 313 Å². The van der Waals surface area contributed by atoms with Gasteiger partial charge in [-0.3, -0.25) is 28.5 Å². The molecular weight excluding hydrogens is 729 g/mol. The Morgan fingerprint density at radius 3 is 2.04 bits per heavy atom. The van der Waals surface area contributed by atoms with E-state index in [1.54, 1.807) is 30.3 Å². The van der Waals surface area contributed by atoms with Gasteiger partial charge in [-0.05, 0) is 61.9 Å². The number of unbranched alkanes of at least 4 members (excludes halogenated alkanes) is 1. The largest absolute Gasteiger partial charge is 0.508 e. The molecule has 0 radical (unpaired) electrons. The summed E-state index contributed by atoms with van der Waals surface area (Å²) in [6.07, 6.45) is 1.28. The summed E-state index contributed by atoms with van der Waals surface area (Å²) in [5.41, 5.74) is 12.1. The van der Waals surface area contributed by atoms with Crippen molar-refractivity contribution in [1.29, 1.82) is 0 Å². The SMILES string of the molecule is NCCCC[C@H](NC(=O)[C@H](Cc1ccc(O)cc1)NC(=O)[C@@H]1CCCN1C(=O)[C@H](COP(=O)(O)O)NC(=O)CN)C(=O)N[C@@H](Cc1ccccc1)C(=O)O. The van der Waals surface area contributed by atoms with Gasteiger partial charge in [-0.25, -0.2) is 9.36 Å². The first kappa shape index (κ1) is 43.5. The summed E-state index contributed by atoms with van der Waals surface area (Å²) in [4.78, 5) is 98.4. The number of likely N-dealkylation sites (tertiary alicyclic amines) is 1. The summed E-state index contributed by atoms with van der Waals surface area (Å²) in [5, 5.41) is 29.7. The number of aromatic hydroxyl groups is 1. The number of amides is 5. The maximum absolute atomic E-state index is 14.0. The van der Waals surface area contributed by atoms with Gasteiger partial charge in [0.25, 0.3) is 0 Å². The van der Waals surface area contributed by atoms with E-state index < -0.39 is 86.7 Å². The van der Waals surface area contributed by atoms with Gasteiger partial charge in [-0.2, -0.15) is 0 Å². The highest BCUT2D eigenvalue weighted by atomic mass is 31.2. The van der Waals surface area contributed by atoms with Crippen LogP contribution in [0.3, 0.4) is 0 Å². The van der Waals surface area contributed by atoms with Crippen LogP contribution in [0.5, 0.6) is 5.75 Å². The standard InChI is InChI=1S/C34H48N7O12P/c35-15-5-4-9-24(30(44)40-26(34(48)49)18-21-7-2-1-3-8-21)38-31(45)25(17-22-11-13-23(42)14-12-22)39-32(46)28-10-6-16-41(28)33(47)27(37-29(43)19-36)20-53-54(50,51)52/h1-3,7-8,11-14,24-28,42H,4-6,9-10,15-20,35-36H2,(H,37,43)(H,38,45)(H,39,46)(H,40,44)(H,48,49)(H2,50,51,52)/t24-,25-,26-,27-,28-/m0/s1. The van der Waals surface area contributed by atoms with Crippen molar-refractivity contribution in [1.82, 2.24) is 26.2 Å². The maximum Gasteiger partial charge on any atom is 0.469 e. The Balaban J connectivity index is 1.85. The summed E-state index contributed by atoms with van der Waals surface area (Å²) in [5.74, 6) is -5.41. The van der Waals surface area contributed by atoms with Crippen molar-refractivity contribution in [2.75, 3.05) is 26.2 Å². The highest BCUT2D eigenvalue weighted by Gasteiger charge is 2.40. The summed E-state index contributed by atoms with van der Waals surface area (Å²) in [7, 11) is -5.06. The molecule has 1 aliphatic rings. The van der Waals surface area contributed by atoms with Crippen LogP contribution < -0.4 is 32.7 Å². The van der Waals surface area contributed by atoms with Gasteiger partial charge in [0, 0.05) is 19.4 Å². The molecule has 1 heterocycles. The van der Waals surface area contributed by atoms with Crippen molar-refractivity contribution in [2.24, 2.45) is 11.5 Å². The molecule has 296 valence electrons. The van der Waals surface area contributed by atoms with Gasteiger partial charge >= 0.3 is 13.8 Å². The van der Waals surface area contributed by atoms with Crippen LogP contribution in [0.2, 0.25) is 0 Å². The van der Waals surface area contributed by atoms with Crippen molar-refractivity contribution in [3.63, 3.8) is 0 Å². The van der Waals surface area contributed by atoms with E-state index in [0.29, 0.717) is 36.9 Å². The number of rotatable bonds is 21. The van der Waals surface area contributed by atoms with Crippen LogP contribution in [0.4, 0.5) is 0 Å². The Morgan fingerprint density at radius 2 is 1.43 bits per heavy atom. The number of carbonyl (C=O) groups excluding carboxylic acids is 5. The summed E-state index contributed by atoms with van der Waals surface area (Å²) >= 11 is 0. The molecule has 12 N–H and O–H groups in total. The Kier molecular flexibility index (Phi) is 17.0. The maximum atomic E-state index is 14.0. The molecule has 0 unspecified atom stereocenters. The lowest BCUT2D eigenvalue weighted by molar-refractivity contribution is -0.143. The molecule has 0 aromatic heterocycles. The van der Waals surface area contributed by atoms with Crippen molar-refractivity contribution < 1.29 is 57.9 Å². The van der Waals surface area contributed by atoms with E-state index in [1.165, 1.54) is 24.3 Å². The third kappa shape index (κ3) is 14.1. The summed E-state index contributed by atoms with van der Waals surface area (Å²) in [6, 6.07) is 7.75. The van der Waals surface area contributed by atoms with E-state index in [2.05, 4.69) is 25.8 Å². The lowest BCUT2D eigenvalue weighted by atomic mass is 10.0. The minimum absolute atomic E-state index is 0.0216. The smallest absolute Gasteiger partial charge is 0.469 e. The van der Waals surface area contributed by atoms with E-state index in [1.807, 2.05) is 0 Å². The zero-order chi connectivity index (χ0) is 39.8. The van der Waals surface area contributed by atoms with E-state index in [-0.39, 0.29) is 38.0 Å². The zero-order valence-electron chi connectivity index (χ0n) is 29.5. The predicted octanol–water partition coefficient (Wildman–Crippen LogP) is -1.61. The van der Waals surface area contributed by atoms with Crippen LogP contribution in [0.25, 0.3) is 0 Å². The van der Waals surface area contributed by atoms with Crippen LogP contribution in [0.15, 0.2) is 54.6 Å². The summed E-state index contributed by atoms with van der Waals surface area (Å²) in [6.45, 7) is -1.15. The van der Waals surface area contributed by atoms with Crippen LogP contribution >= 0.6 is 7.82 Å². The number of carboxylic acids is 1. The van der Waals surface area contributed by atoms with Gasteiger partial charge < -0.3 is 57.6 Å². The number of phenols is 1. The number of nitrogens with two attached hydrogens (primary N) is 2. The molecule has 0 saturated carbocycles. The molecule has 0 spiro atoms. The number of carboxylic acid groups (broad SMARTS) is 1. The molecule has 19 nitrogen and oxygen atoms in total. The van der Waals surface area contributed by atoms with Crippen molar-refractivity contribution in [2.45, 2.75) is 75.2 Å². The number of hydrogen-bond donors (Lipinski definition) is 10. The Morgan fingerprint density at radius 1 is 0.815 bits per heavy atom. The molecule has 1 fully saturated rings. The number of phosphoric acid groups is 1. The summed E-state index contributed by atoms with van der Waals surface area (Å²) < 4.78 is 15.8. The second-order valence-corrected chi connectivity index (χ2v) is 13.9. The molecule has 20 heteroatoms. The van der Waals surface area contributed by atoms with Crippen molar-refractivity contribution in [3.05, 3.63) is 65.7 Å². The molecule has 5 atom stereocenters. The molecule has 54 heavy (non-hydrogen) atoms. The monoisotopic (exact) mass is 777 g/mol. The van der Waals surface area contributed by atoms with Gasteiger partial charge in [0.15, 0.2) is 0 Å². The first-order valence-corrected chi connectivity index (χ1v) is 18.8. The Bertz CT molecular complexity index is 1640. The number of phosphoric ester groups is 1. The molecular formula is C34H48N7O12P. The number of aliphatic carboxylic acids is 1. The average Bonchev–Trinajstić information content (AvgIpc) is 3.63. The third-order valence-corrected chi connectivity index (χ3v) is 9.04. The van der Waals surface area contributed by atoms with Crippen LogP contribution in [-0.2, 0) is 50.7 Å². The van der Waals surface area contributed by atoms with Crippen molar-refractivity contribution >= 4 is 43.3 Å². The van der Waals surface area contributed by atoms with Gasteiger partial charge in [-0.15, -0.1) is 0 Å². The minimum Gasteiger partial charge on any atom is -0.508 e. The molecule has 2 aromatic rings. The second-order valence-electron chi connectivity index (χ2n) is 12.7. The quantitative estimate of drug-likeness (QED) is 0.0504. The average molecular weight is 778 g/mol. The lowest BCUT2D eigenvalue weighted by Crippen LogP contribution is -2.59. The number of phenolic OH excluding ortho intramolecular Hbond substituents is 1. The fraction of sp³-hybridized carbons (Fsp3) is 0.471. The van der Waals surface area contributed by atoms with E-state index >= 15 is 0 Å². The van der Waals surface area contributed by atoms with Crippen LogP contribution in [0.1, 0.15) is 43.2 Å². The lowest BCUT2D eigenvalue weighted by Gasteiger charge is -2.30. The van der Waals surface area contributed by atoms with E-state index in [9.17, 15) is 53.3 Å². The fourth-order valence-electron chi connectivity index (χ4n) is 5.80. The fourth-order valence-corrected chi connectivity index (χ4v) is 6.15. The number of nitrogens with one attached hydrogen (secondary N) is 4. The van der Waals surface area contributed by atoms with E-state index in [4.69, 9.17) is 11.5 Å². The predicted molar refractivity (Wildman–Crippen MR) is 192 cm³/mol. The highest BCUT2D eigenvalue weighted by molar-refractivity contribution is 7.46. The molecule has 0 bridgehead atoms. The van der Waals surface area contributed by atoms with Gasteiger partial charge in [0.2, 0.25) is 29.5 Å². The molecule has 1 saturated heterocycles. The van der Waals surface area contributed by atoms with Gasteiger partial charge in [0.1, 0.15) is 36.0 Å². The van der Waals surface area contributed by atoms with Gasteiger partial charge in [-0.1, -0.05) is 42.5 Å². The number of benzene rings is 2. The van der Waals surface area contributed by atoms with Gasteiger partial charge in [0.05, 0.1) is 13.2 Å². The molecule has 3 rings (SSSR count). The number of nitrogens with zero attached hydrogens (tertiary/aromatic N) is 1. The Hall–Kier alpha value is -4.91. The minimum atomic E-state index is -5.06. The van der Waals surface area contributed by atoms with Crippen LogP contribution in [-0.4, -0.2) is 117 Å². The first-order chi connectivity index (χ1) is 25.6. The molecule has 0 aliphatic carbocycles. The van der Waals surface area contributed by atoms with Crippen molar-refractivity contribution in [3.8, 4) is 5.75 Å². The molecule has 5 amide bonds. The molecule has 1 aliphatic heterocycles. The zero-order valence-corrected chi connectivity index (χ0v) is 30.4. The molecule has 2 aromatic carbocycles. The number of carbonyl (C=O) groups is 6.